The summed E-state index contributed by atoms with van der Waals surface area (Å²) in [7, 11) is 0. The van der Waals surface area contributed by atoms with Gasteiger partial charge in [0.1, 0.15) is 0 Å². The predicted molar refractivity (Wildman–Crippen MR) is 63.9 cm³/mol. The van der Waals surface area contributed by atoms with E-state index in [2.05, 4.69) is 20.8 Å². The van der Waals surface area contributed by atoms with Gasteiger partial charge < -0.3 is 10.3 Å². The van der Waals surface area contributed by atoms with Crippen LogP contribution in [0, 0.1) is 12.3 Å². The molecule has 0 bridgehead atoms. The third-order valence-electron chi connectivity index (χ3n) is 2.58. The van der Waals surface area contributed by atoms with Crippen LogP contribution in [-0.2, 0) is 6.54 Å². The zero-order valence-corrected chi connectivity index (χ0v) is 10.0. The predicted octanol–water partition coefficient (Wildman–Crippen LogP) is 2.18. The first-order valence-electron chi connectivity index (χ1n) is 5.27. The molecule has 2 N–H and O–H groups in total. The molecular formula is C12H20N2O. The number of nitrogens with zero attached hydrogens (tertiary/aromatic N) is 1. The van der Waals surface area contributed by atoms with E-state index in [4.69, 9.17) is 5.73 Å². The molecule has 0 aromatic carbocycles. The number of rotatable bonds is 2. The number of hydrogen-bond donors (Lipinski definition) is 1. The molecule has 1 rings (SSSR count). The second kappa shape index (κ2) is 4.09. The summed E-state index contributed by atoms with van der Waals surface area (Å²) < 4.78 is 1.75. The molecule has 0 saturated carbocycles. The van der Waals surface area contributed by atoms with Crippen molar-refractivity contribution in [1.29, 1.82) is 0 Å². The van der Waals surface area contributed by atoms with Gasteiger partial charge in [0.15, 0.2) is 0 Å². The van der Waals surface area contributed by atoms with Gasteiger partial charge in [0.2, 0.25) is 0 Å². The summed E-state index contributed by atoms with van der Waals surface area (Å²) in [5.74, 6) is 0. The SMILES string of the molecule is Cc1c(N)ccc(=O)n1CCC(C)(C)C. The van der Waals surface area contributed by atoms with E-state index in [1.807, 2.05) is 6.92 Å². The molecule has 0 aliphatic rings. The van der Waals surface area contributed by atoms with Gasteiger partial charge in [-0.25, -0.2) is 0 Å². The van der Waals surface area contributed by atoms with Gasteiger partial charge in [-0.05, 0) is 24.8 Å². The molecule has 0 amide bonds. The van der Waals surface area contributed by atoms with Gasteiger partial charge in [-0.3, -0.25) is 4.79 Å². The molecule has 3 nitrogen and oxygen atoms in total. The molecule has 1 heterocycles. The Morgan fingerprint density at radius 1 is 1.33 bits per heavy atom. The van der Waals surface area contributed by atoms with Crippen LogP contribution in [0.2, 0.25) is 0 Å². The van der Waals surface area contributed by atoms with Crippen LogP contribution in [0.5, 0.6) is 0 Å². The minimum atomic E-state index is 0.0333. The zero-order chi connectivity index (χ0) is 11.6. The first-order valence-corrected chi connectivity index (χ1v) is 5.27. The number of pyridine rings is 1. The molecular weight excluding hydrogens is 188 g/mol. The van der Waals surface area contributed by atoms with Crippen LogP contribution in [-0.4, -0.2) is 4.57 Å². The molecule has 1 aromatic rings. The molecule has 0 atom stereocenters. The highest BCUT2D eigenvalue weighted by molar-refractivity contribution is 5.41. The second-order valence-electron chi connectivity index (χ2n) is 5.17. The van der Waals surface area contributed by atoms with Crippen molar-refractivity contribution in [1.82, 2.24) is 4.57 Å². The molecule has 1 aromatic heterocycles. The lowest BCUT2D eigenvalue weighted by atomic mass is 9.92. The Morgan fingerprint density at radius 2 is 1.93 bits per heavy atom. The summed E-state index contributed by atoms with van der Waals surface area (Å²) in [6.45, 7) is 9.12. The molecule has 0 aliphatic carbocycles. The second-order valence-corrected chi connectivity index (χ2v) is 5.17. The van der Waals surface area contributed by atoms with Crippen LogP contribution in [0.4, 0.5) is 5.69 Å². The number of nitrogens with two attached hydrogens (primary N) is 1. The molecule has 3 heteroatoms. The largest absolute Gasteiger partial charge is 0.397 e. The van der Waals surface area contributed by atoms with Crippen LogP contribution in [0.25, 0.3) is 0 Å². The van der Waals surface area contributed by atoms with Crippen LogP contribution in [0.3, 0.4) is 0 Å². The first-order chi connectivity index (χ1) is 6.81. The number of nitrogen functional groups attached to an aromatic ring is 1. The maximum atomic E-state index is 11.6. The lowest BCUT2D eigenvalue weighted by molar-refractivity contribution is 0.346. The van der Waals surface area contributed by atoms with E-state index in [-0.39, 0.29) is 11.0 Å². The van der Waals surface area contributed by atoms with Gasteiger partial charge in [-0.1, -0.05) is 20.8 Å². The Hall–Kier alpha value is -1.25. The fraction of sp³-hybridized carbons (Fsp3) is 0.583. The van der Waals surface area contributed by atoms with Crippen molar-refractivity contribution in [3.05, 3.63) is 28.2 Å². The summed E-state index contributed by atoms with van der Waals surface area (Å²) in [5.41, 5.74) is 7.59. The first kappa shape index (κ1) is 11.8. The Bertz CT molecular complexity index is 399. The van der Waals surface area contributed by atoms with Gasteiger partial charge in [0.05, 0.1) is 5.69 Å². The molecule has 84 valence electrons. The average Bonchev–Trinajstić information content (AvgIpc) is 2.10. The molecule has 15 heavy (non-hydrogen) atoms. The fourth-order valence-electron chi connectivity index (χ4n) is 1.42. The number of aromatic nitrogens is 1. The molecule has 0 radical (unpaired) electrons. The Balaban J connectivity index is 2.95. The molecule has 0 unspecified atom stereocenters. The molecule has 0 spiro atoms. The Kier molecular flexibility index (Phi) is 3.22. The third kappa shape index (κ3) is 3.11. The molecule has 0 fully saturated rings. The normalized spacial score (nSPS) is 11.7. The molecule has 0 saturated heterocycles. The minimum absolute atomic E-state index is 0.0333. The van der Waals surface area contributed by atoms with Crippen molar-refractivity contribution in [2.24, 2.45) is 5.41 Å². The average molecular weight is 208 g/mol. The van der Waals surface area contributed by atoms with Crippen molar-refractivity contribution in [3.63, 3.8) is 0 Å². The fourth-order valence-corrected chi connectivity index (χ4v) is 1.42. The van der Waals surface area contributed by atoms with E-state index in [0.717, 1.165) is 18.7 Å². The third-order valence-corrected chi connectivity index (χ3v) is 2.58. The summed E-state index contributed by atoms with van der Waals surface area (Å²) in [6, 6.07) is 3.20. The van der Waals surface area contributed by atoms with E-state index in [1.54, 1.807) is 10.6 Å². The summed E-state index contributed by atoms with van der Waals surface area (Å²) in [6.07, 6.45) is 0.969. The highest BCUT2D eigenvalue weighted by Gasteiger charge is 2.11. The van der Waals surface area contributed by atoms with Crippen LogP contribution in [0.15, 0.2) is 16.9 Å². The van der Waals surface area contributed by atoms with Crippen molar-refractivity contribution in [3.8, 4) is 0 Å². The summed E-state index contributed by atoms with van der Waals surface area (Å²) in [4.78, 5) is 11.6. The van der Waals surface area contributed by atoms with Crippen LogP contribution in [0.1, 0.15) is 32.9 Å². The minimum Gasteiger partial charge on any atom is -0.397 e. The highest BCUT2D eigenvalue weighted by Crippen LogP contribution is 2.19. The van der Waals surface area contributed by atoms with Gasteiger partial charge in [0, 0.05) is 18.3 Å². The summed E-state index contributed by atoms with van der Waals surface area (Å²) >= 11 is 0. The van der Waals surface area contributed by atoms with Crippen molar-refractivity contribution >= 4 is 5.69 Å². The van der Waals surface area contributed by atoms with Crippen molar-refractivity contribution in [2.45, 2.75) is 40.7 Å². The van der Waals surface area contributed by atoms with Gasteiger partial charge in [-0.15, -0.1) is 0 Å². The standard InChI is InChI=1S/C12H20N2O/c1-9-10(13)5-6-11(15)14(9)8-7-12(2,3)4/h5-6H,7-8,13H2,1-4H3. The maximum Gasteiger partial charge on any atom is 0.250 e. The quantitative estimate of drug-likeness (QED) is 0.809. The van der Waals surface area contributed by atoms with Crippen molar-refractivity contribution in [2.75, 3.05) is 5.73 Å². The highest BCUT2D eigenvalue weighted by atomic mass is 16.1. The van der Waals surface area contributed by atoms with Gasteiger partial charge >= 0.3 is 0 Å². The monoisotopic (exact) mass is 208 g/mol. The zero-order valence-electron chi connectivity index (χ0n) is 10.0. The lowest BCUT2D eigenvalue weighted by Crippen LogP contribution is -2.24. The van der Waals surface area contributed by atoms with E-state index >= 15 is 0 Å². The van der Waals surface area contributed by atoms with E-state index in [1.165, 1.54) is 6.07 Å². The van der Waals surface area contributed by atoms with E-state index in [0.29, 0.717) is 5.69 Å². The van der Waals surface area contributed by atoms with Crippen molar-refractivity contribution < 1.29 is 0 Å². The Labute approximate surface area is 90.9 Å². The van der Waals surface area contributed by atoms with E-state index in [9.17, 15) is 4.79 Å². The topological polar surface area (TPSA) is 48.0 Å². The summed E-state index contributed by atoms with van der Waals surface area (Å²) in [5, 5.41) is 0. The molecule has 0 aliphatic heterocycles. The van der Waals surface area contributed by atoms with Crippen LogP contribution >= 0.6 is 0 Å². The Morgan fingerprint density at radius 3 is 2.47 bits per heavy atom. The van der Waals surface area contributed by atoms with Gasteiger partial charge in [-0.2, -0.15) is 0 Å². The lowest BCUT2D eigenvalue weighted by Gasteiger charge is -2.20. The number of hydrogen-bond acceptors (Lipinski definition) is 2. The number of anilines is 1. The smallest absolute Gasteiger partial charge is 0.250 e. The van der Waals surface area contributed by atoms with E-state index < -0.39 is 0 Å². The van der Waals surface area contributed by atoms with Crippen LogP contribution < -0.4 is 11.3 Å². The van der Waals surface area contributed by atoms with Gasteiger partial charge in [0.25, 0.3) is 5.56 Å². The maximum absolute atomic E-state index is 11.6.